The molecule has 10 heteroatoms. The second-order valence-corrected chi connectivity index (χ2v) is 6.98. The zero-order valence-electron chi connectivity index (χ0n) is 16.5. The number of carbonyl (C=O) groups excluding carboxylic acids is 1. The third kappa shape index (κ3) is 6.15. The van der Waals surface area contributed by atoms with Gasteiger partial charge in [0, 0.05) is 17.5 Å². The number of benzene rings is 2. The van der Waals surface area contributed by atoms with Crippen LogP contribution in [0.25, 0.3) is 21.6 Å². The van der Waals surface area contributed by atoms with E-state index in [0.717, 1.165) is 16.7 Å². The van der Waals surface area contributed by atoms with E-state index in [9.17, 15) is 14.7 Å². The number of H-pyrrole nitrogens is 1. The van der Waals surface area contributed by atoms with Crippen molar-refractivity contribution in [1.82, 2.24) is 20.7 Å². The molecule has 1 heterocycles. The van der Waals surface area contributed by atoms with Gasteiger partial charge >= 0.3 is 5.97 Å². The molecule has 0 aliphatic heterocycles. The van der Waals surface area contributed by atoms with Gasteiger partial charge in [0.05, 0.1) is 12.1 Å². The van der Waals surface area contributed by atoms with Crippen molar-refractivity contribution in [3.05, 3.63) is 82.5 Å². The number of hydrogen-bond acceptors (Lipinski definition) is 5. The molecule has 3 aromatic rings. The predicted octanol–water partition coefficient (Wildman–Crippen LogP) is 3.21. The number of hydrogen-bond donors (Lipinski definition) is 3. The summed E-state index contributed by atoms with van der Waals surface area (Å²) in [6, 6.07) is 17.3. The van der Waals surface area contributed by atoms with Gasteiger partial charge in [0.2, 0.25) is 0 Å². The number of carboxylic acid groups (broad SMARTS) is 1. The highest BCUT2D eigenvalue weighted by molar-refractivity contribution is 5.92. The van der Waals surface area contributed by atoms with Crippen molar-refractivity contribution in [3.63, 3.8) is 0 Å². The van der Waals surface area contributed by atoms with Crippen LogP contribution in [0.5, 0.6) is 0 Å². The van der Waals surface area contributed by atoms with Crippen LogP contribution in [0.1, 0.15) is 22.5 Å². The van der Waals surface area contributed by atoms with Crippen molar-refractivity contribution in [2.24, 2.45) is 11.0 Å². The Balaban J connectivity index is 1.77. The number of aliphatic carboxylic acids is 1. The Bertz CT molecular complexity index is 1050. The molecule has 0 fully saturated rings. The Morgan fingerprint density at radius 3 is 2.45 bits per heavy atom. The van der Waals surface area contributed by atoms with Crippen LogP contribution in [-0.4, -0.2) is 45.0 Å². The van der Waals surface area contributed by atoms with Gasteiger partial charge in [-0.3, -0.25) is 9.59 Å². The molecule has 0 unspecified atom stereocenters. The number of azide groups is 1. The SMILES string of the molecule is [N-]=[N+]=NC[C@H](C[C@@H](Cc1ccc(-c2ccccc2)cc1)NC(=O)c1cn[nH]n1)C(=O)O. The minimum absolute atomic E-state index is 0.0956. The number of carbonyl (C=O) groups is 2. The summed E-state index contributed by atoms with van der Waals surface area (Å²) in [5, 5.41) is 25.4. The Morgan fingerprint density at radius 2 is 1.84 bits per heavy atom. The van der Waals surface area contributed by atoms with Crippen molar-refractivity contribution in [3.8, 4) is 11.1 Å². The number of amides is 1. The predicted molar refractivity (Wildman–Crippen MR) is 113 cm³/mol. The molecule has 0 bridgehead atoms. The summed E-state index contributed by atoms with van der Waals surface area (Å²) in [7, 11) is 0. The van der Waals surface area contributed by atoms with Crippen molar-refractivity contribution in [2.45, 2.75) is 18.9 Å². The first-order valence-corrected chi connectivity index (χ1v) is 9.61. The van der Waals surface area contributed by atoms with Crippen LogP contribution < -0.4 is 5.32 Å². The van der Waals surface area contributed by atoms with Gasteiger partial charge in [-0.05, 0) is 35.1 Å². The van der Waals surface area contributed by atoms with E-state index in [2.05, 4.69) is 30.8 Å². The zero-order chi connectivity index (χ0) is 22.1. The lowest BCUT2D eigenvalue weighted by Crippen LogP contribution is -2.39. The zero-order valence-corrected chi connectivity index (χ0v) is 16.5. The summed E-state index contributed by atoms with van der Waals surface area (Å²) >= 11 is 0. The molecule has 3 rings (SSSR count). The van der Waals surface area contributed by atoms with E-state index < -0.39 is 23.8 Å². The summed E-state index contributed by atoms with van der Waals surface area (Å²) in [6.45, 7) is -0.199. The van der Waals surface area contributed by atoms with Crippen LogP contribution in [0.3, 0.4) is 0 Å². The van der Waals surface area contributed by atoms with Crippen LogP contribution in [-0.2, 0) is 11.2 Å². The molecule has 158 valence electrons. The van der Waals surface area contributed by atoms with Gasteiger partial charge in [-0.25, -0.2) is 0 Å². The summed E-state index contributed by atoms with van der Waals surface area (Å²) in [6.07, 6.45) is 1.78. The van der Waals surface area contributed by atoms with Gasteiger partial charge in [0.15, 0.2) is 5.69 Å². The third-order valence-electron chi connectivity index (χ3n) is 4.81. The fourth-order valence-corrected chi connectivity index (χ4v) is 3.24. The average molecular weight is 419 g/mol. The largest absolute Gasteiger partial charge is 0.481 e. The summed E-state index contributed by atoms with van der Waals surface area (Å²) in [5.41, 5.74) is 11.7. The molecule has 10 nitrogen and oxygen atoms in total. The lowest BCUT2D eigenvalue weighted by molar-refractivity contribution is -0.141. The molecule has 1 amide bonds. The van der Waals surface area contributed by atoms with Crippen LogP contribution in [0, 0.1) is 5.92 Å². The van der Waals surface area contributed by atoms with Crippen LogP contribution in [0.4, 0.5) is 0 Å². The highest BCUT2D eigenvalue weighted by Crippen LogP contribution is 2.21. The summed E-state index contributed by atoms with van der Waals surface area (Å²) in [5.74, 6) is -2.48. The molecule has 0 aliphatic carbocycles. The molecular weight excluding hydrogens is 398 g/mol. The van der Waals surface area contributed by atoms with E-state index in [1.807, 2.05) is 54.6 Å². The Kier molecular flexibility index (Phi) is 7.34. The van der Waals surface area contributed by atoms with Crippen LogP contribution >= 0.6 is 0 Å². The first kappa shape index (κ1) is 21.5. The van der Waals surface area contributed by atoms with E-state index >= 15 is 0 Å². The topological polar surface area (TPSA) is 157 Å². The van der Waals surface area contributed by atoms with Gasteiger partial charge in [-0.1, -0.05) is 59.7 Å². The Morgan fingerprint density at radius 1 is 1.13 bits per heavy atom. The summed E-state index contributed by atoms with van der Waals surface area (Å²) < 4.78 is 0. The monoisotopic (exact) mass is 419 g/mol. The number of nitrogens with one attached hydrogen (secondary N) is 2. The first-order chi connectivity index (χ1) is 15.1. The lowest BCUT2D eigenvalue weighted by atomic mass is 9.94. The van der Waals surface area contributed by atoms with Crippen LogP contribution in [0.15, 0.2) is 65.9 Å². The molecule has 0 aliphatic rings. The normalized spacial score (nSPS) is 12.4. The minimum Gasteiger partial charge on any atom is -0.481 e. The average Bonchev–Trinajstić information content (AvgIpc) is 3.32. The maximum absolute atomic E-state index is 12.4. The molecule has 1 aromatic heterocycles. The van der Waals surface area contributed by atoms with Gasteiger partial charge in [0.1, 0.15) is 0 Å². The maximum Gasteiger partial charge on any atom is 0.306 e. The summed E-state index contributed by atoms with van der Waals surface area (Å²) in [4.78, 5) is 26.7. The van der Waals surface area contributed by atoms with E-state index in [-0.39, 0.29) is 18.7 Å². The van der Waals surface area contributed by atoms with E-state index in [4.69, 9.17) is 5.53 Å². The van der Waals surface area contributed by atoms with Gasteiger partial charge < -0.3 is 10.4 Å². The second-order valence-electron chi connectivity index (χ2n) is 6.98. The number of aromatic nitrogens is 3. The number of carboxylic acids is 1. The van der Waals surface area contributed by atoms with Crippen molar-refractivity contribution in [2.75, 3.05) is 6.54 Å². The van der Waals surface area contributed by atoms with Crippen LogP contribution in [0.2, 0.25) is 0 Å². The van der Waals surface area contributed by atoms with E-state index in [0.29, 0.717) is 6.42 Å². The first-order valence-electron chi connectivity index (χ1n) is 9.61. The lowest BCUT2D eigenvalue weighted by Gasteiger charge is -2.21. The van der Waals surface area contributed by atoms with Gasteiger partial charge in [-0.15, -0.1) is 0 Å². The van der Waals surface area contributed by atoms with E-state index in [1.165, 1.54) is 6.20 Å². The fourth-order valence-electron chi connectivity index (χ4n) is 3.24. The number of nitrogens with zero attached hydrogens (tertiary/aromatic N) is 5. The maximum atomic E-state index is 12.4. The highest BCUT2D eigenvalue weighted by Gasteiger charge is 2.24. The van der Waals surface area contributed by atoms with Crippen molar-refractivity contribution in [1.29, 1.82) is 0 Å². The molecule has 31 heavy (non-hydrogen) atoms. The molecule has 0 spiro atoms. The Labute approximate surface area is 177 Å². The second kappa shape index (κ2) is 10.6. The molecule has 2 atom stereocenters. The van der Waals surface area contributed by atoms with E-state index in [1.54, 1.807) is 0 Å². The number of rotatable bonds is 10. The van der Waals surface area contributed by atoms with Crippen molar-refractivity contribution < 1.29 is 14.7 Å². The molecule has 3 N–H and O–H groups in total. The highest BCUT2D eigenvalue weighted by atomic mass is 16.4. The quantitative estimate of drug-likeness (QED) is 0.261. The molecule has 0 radical (unpaired) electrons. The van der Waals surface area contributed by atoms with Gasteiger partial charge in [-0.2, -0.15) is 15.4 Å². The minimum atomic E-state index is -1.09. The number of aromatic amines is 1. The molecule has 0 saturated heterocycles. The molecular formula is C21H21N7O3. The third-order valence-corrected chi connectivity index (χ3v) is 4.81. The molecule has 0 saturated carbocycles. The smallest absolute Gasteiger partial charge is 0.306 e. The molecule has 2 aromatic carbocycles. The fraction of sp³-hybridized carbons (Fsp3) is 0.238. The van der Waals surface area contributed by atoms with Crippen molar-refractivity contribution >= 4 is 11.9 Å². The van der Waals surface area contributed by atoms with Gasteiger partial charge in [0.25, 0.3) is 5.91 Å². The Hall–Kier alpha value is -4.17. The standard InChI is InChI=1S/C21H21N7O3/c22-27-23-12-17(21(30)31)11-18(25-20(29)19-13-24-28-26-19)10-14-6-8-16(9-7-14)15-4-2-1-3-5-15/h1-9,13,17-18H,10-12H2,(H,25,29)(H,30,31)(H,24,26,28)/t17-,18+/m0/s1.